The number of ether oxygens (including phenoxy) is 2. The van der Waals surface area contributed by atoms with Crippen LogP contribution in [0.4, 0.5) is 0 Å². The third kappa shape index (κ3) is 3.01. The number of phenolic OH excluding ortho intramolecular Hbond substituents is 1. The Hall–Kier alpha value is -2.94. The highest BCUT2D eigenvalue weighted by Gasteiger charge is 2.33. The highest BCUT2D eigenvalue weighted by molar-refractivity contribution is 5.51. The topological polar surface area (TPSA) is 38.7 Å². The van der Waals surface area contributed by atoms with Gasteiger partial charge < -0.3 is 14.6 Å². The van der Waals surface area contributed by atoms with E-state index < -0.39 is 0 Å². The molecule has 4 rings (SSSR count). The predicted octanol–water partition coefficient (Wildman–Crippen LogP) is 5.02. The second-order valence-electron chi connectivity index (χ2n) is 6.80. The van der Waals surface area contributed by atoms with Gasteiger partial charge in [-0.2, -0.15) is 0 Å². The van der Waals surface area contributed by atoms with E-state index in [9.17, 15) is 5.11 Å². The summed E-state index contributed by atoms with van der Waals surface area (Å²) in [5.41, 5.74) is 4.82. The maximum Gasteiger partial charge on any atom is 0.126 e. The van der Waals surface area contributed by atoms with Crippen LogP contribution < -0.4 is 9.47 Å². The molecule has 0 spiro atoms. The van der Waals surface area contributed by atoms with Gasteiger partial charge in [0.05, 0.1) is 13.7 Å². The molecule has 0 aliphatic carbocycles. The van der Waals surface area contributed by atoms with Gasteiger partial charge >= 0.3 is 0 Å². The second-order valence-corrected chi connectivity index (χ2v) is 6.80. The summed E-state index contributed by atoms with van der Waals surface area (Å²) in [6.07, 6.45) is 0. The van der Waals surface area contributed by atoms with Gasteiger partial charge in [-0.1, -0.05) is 48.0 Å². The summed E-state index contributed by atoms with van der Waals surface area (Å²) in [7, 11) is 1.68. The Bertz CT molecular complexity index is 898. The average molecular weight is 346 g/mol. The van der Waals surface area contributed by atoms with Crippen molar-refractivity contribution in [2.75, 3.05) is 13.7 Å². The molecule has 132 valence electrons. The van der Waals surface area contributed by atoms with Crippen LogP contribution in [0, 0.1) is 6.92 Å². The number of fused-ring (bicyclic) bond motifs is 1. The SMILES string of the molecule is COc1ccc([C@H]2c3ccc(O)cc3OC[C@@H]2c2ccc(C)cc2)cc1. The molecule has 0 radical (unpaired) electrons. The summed E-state index contributed by atoms with van der Waals surface area (Å²) in [5.74, 6) is 2.20. The van der Waals surface area contributed by atoms with Gasteiger partial charge in [-0.25, -0.2) is 0 Å². The monoisotopic (exact) mass is 346 g/mol. The Labute approximate surface area is 153 Å². The number of rotatable bonds is 3. The van der Waals surface area contributed by atoms with Gasteiger partial charge in [-0.3, -0.25) is 0 Å². The van der Waals surface area contributed by atoms with Crippen LogP contribution in [0.2, 0.25) is 0 Å². The van der Waals surface area contributed by atoms with Gasteiger partial charge in [-0.05, 0) is 36.2 Å². The molecule has 3 nitrogen and oxygen atoms in total. The normalized spacial score (nSPS) is 18.7. The number of benzene rings is 3. The van der Waals surface area contributed by atoms with E-state index >= 15 is 0 Å². The molecule has 1 heterocycles. The molecule has 0 unspecified atom stereocenters. The van der Waals surface area contributed by atoms with Crippen molar-refractivity contribution in [2.45, 2.75) is 18.8 Å². The van der Waals surface area contributed by atoms with Crippen LogP contribution in [-0.2, 0) is 0 Å². The molecule has 1 aliphatic rings. The second kappa shape index (κ2) is 6.75. The fourth-order valence-electron chi connectivity index (χ4n) is 3.72. The number of hydrogen-bond donors (Lipinski definition) is 1. The predicted molar refractivity (Wildman–Crippen MR) is 102 cm³/mol. The molecule has 0 bridgehead atoms. The van der Waals surface area contributed by atoms with Crippen LogP contribution in [0.5, 0.6) is 17.2 Å². The third-order valence-corrected chi connectivity index (χ3v) is 5.13. The van der Waals surface area contributed by atoms with E-state index in [-0.39, 0.29) is 17.6 Å². The van der Waals surface area contributed by atoms with E-state index in [0.717, 1.165) is 17.1 Å². The maximum atomic E-state index is 9.83. The smallest absolute Gasteiger partial charge is 0.126 e. The number of aromatic hydroxyl groups is 1. The summed E-state index contributed by atoms with van der Waals surface area (Å²) in [6, 6.07) is 22.3. The zero-order valence-electron chi connectivity index (χ0n) is 15.0. The number of aryl methyl sites for hydroxylation is 1. The highest BCUT2D eigenvalue weighted by Crippen LogP contribution is 2.47. The molecule has 3 heteroatoms. The summed E-state index contributed by atoms with van der Waals surface area (Å²) < 4.78 is 11.3. The minimum Gasteiger partial charge on any atom is -0.508 e. The Balaban J connectivity index is 1.82. The zero-order valence-corrected chi connectivity index (χ0v) is 15.0. The van der Waals surface area contributed by atoms with Crippen molar-refractivity contribution in [3.05, 3.63) is 89.0 Å². The number of phenols is 1. The third-order valence-electron chi connectivity index (χ3n) is 5.13. The lowest BCUT2D eigenvalue weighted by Gasteiger charge is -2.34. The number of methoxy groups -OCH3 is 1. The van der Waals surface area contributed by atoms with E-state index in [1.54, 1.807) is 19.2 Å². The average Bonchev–Trinajstić information content (AvgIpc) is 2.68. The van der Waals surface area contributed by atoms with Crippen molar-refractivity contribution in [3.63, 3.8) is 0 Å². The summed E-state index contributed by atoms with van der Waals surface area (Å²) in [4.78, 5) is 0. The first-order valence-corrected chi connectivity index (χ1v) is 8.82. The molecule has 1 N–H and O–H groups in total. The summed E-state index contributed by atoms with van der Waals surface area (Å²) >= 11 is 0. The first-order valence-electron chi connectivity index (χ1n) is 8.82. The molecule has 26 heavy (non-hydrogen) atoms. The largest absolute Gasteiger partial charge is 0.508 e. The van der Waals surface area contributed by atoms with Crippen molar-refractivity contribution < 1.29 is 14.6 Å². The minimum absolute atomic E-state index is 0.160. The van der Waals surface area contributed by atoms with Gasteiger partial charge in [0.15, 0.2) is 0 Å². The van der Waals surface area contributed by atoms with Crippen molar-refractivity contribution >= 4 is 0 Å². The molecule has 0 amide bonds. The van der Waals surface area contributed by atoms with E-state index in [4.69, 9.17) is 9.47 Å². The fourth-order valence-corrected chi connectivity index (χ4v) is 3.72. The van der Waals surface area contributed by atoms with Gasteiger partial charge in [0, 0.05) is 23.5 Å². The molecular formula is C23H22O3. The van der Waals surface area contributed by atoms with Gasteiger partial charge in [0.1, 0.15) is 17.2 Å². The van der Waals surface area contributed by atoms with E-state index in [1.807, 2.05) is 18.2 Å². The van der Waals surface area contributed by atoms with Crippen LogP contribution in [-0.4, -0.2) is 18.8 Å². The molecular weight excluding hydrogens is 324 g/mol. The van der Waals surface area contributed by atoms with E-state index in [0.29, 0.717) is 6.61 Å². The molecule has 0 aromatic heterocycles. The lowest BCUT2D eigenvalue weighted by Crippen LogP contribution is -2.25. The Morgan fingerprint density at radius 2 is 1.62 bits per heavy atom. The Morgan fingerprint density at radius 3 is 2.31 bits per heavy atom. The maximum absolute atomic E-state index is 9.83. The Morgan fingerprint density at radius 1 is 0.923 bits per heavy atom. The lowest BCUT2D eigenvalue weighted by molar-refractivity contribution is 0.247. The highest BCUT2D eigenvalue weighted by atomic mass is 16.5. The lowest BCUT2D eigenvalue weighted by atomic mass is 9.76. The quantitative estimate of drug-likeness (QED) is 0.724. The van der Waals surface area contributed by atoms with E-state index in [2.05, 4.69) is 43.3 Å². The molecule has 3 aromatic carbocycles. The van der Waals surface area contributed by atoms with Crippen LogP contribution in [0.3, 0.4) is 0 Å². The fraction of sp³-hybridized carbons (Fsp3) is 0.217. The van der Waals surface area contributed by atoms with Gasteiger partial charge in [0.2, 0.25) is 0 Å². The van der Waals surface area contributed by atoms with Crippen LogP contribution in [0.25, 0.3) is 0 Å². The first kappa shape index (κ1) is 16.5. The summed E-state index contributed by atoms with van der Waals surface area (Å²) in [5, 5.41) is 9.83. The van der Waals surface area contributed by atoms with E-state index in [1.165, 1.54) is 16.7 Å². The molecule has 2 atom stereocenters. The standard InChI is InChI=1S/C23H22O3/c1-15-3-5-16(6-4-15)21-14-26-22-13-18(24)9-12-20(22)23(21)17-7-10-19(25-2)11-8-17/h3-13,21,23-24H,14H2,1-2H3/t21-,23+/m1/s1. The van der Waals surface area contributed by atoms with Crippen LogP contribution >= 0.6 is 0 Å². The molecule has 0 saturated carbocycles. The zero-order chi connectivity index (χ0) is 18.1. The summed E-state index contributed by atoms with van der Waals surface area (Å²) in [6.45, 7) is 2.68. The van der Waals surface area contributed by atoms with Crippen molar-refractivity contribution in [1.29, 1.82) is 0 Å². The minimum atomic E-state index is 0.160. The van der Waals surface area contributed by atoms with Crippen molar-refractivity contribution in [3.8, 4) is 17.2 Å². The van der Waals surface area contributed by atoms with Gasteiger partial charge in [-0.15, -0.1) is 0 Å². The van der Waals surface area contributed by atoms with Gasteiger partial charge in [0.25, 0.3) is 0 Å². The molecule has 1 aliphatic heterocycles. The van der Waals surface area contributed by atoms with Crippen LogP contribution in [0.1, 0.15) is 34.1 Å². The van der Waals surface area contributed by atoms with Crippen LogP contribution in [0.15, 0.2) is 66.7 Å². The van der Waals surface area contributed by atoms with Crippen molar-refractivity contribution in [2.24, 2.45) is 0 Å². The molecule has 0 fully saturated rings. The first-order chi connectivity index (χ1) is 12.7. The number of hydrogen-bond acceptors (Lipinski definition) is 3. The Kier molecular flexibility index (Phi) is 4.29. The van der Waals surface area contributed by atoms with Crippen molar-refractivity contribution in [1.82, 2.24) is 0 Å². The molecule has 0 saturated heterocycles. The molecule has 3 aromatic rings.